The maximum Gasteiger partial charge on any atom is 0.213 e. The highest BCUT2D eigenvalue weighted by molar-refractivity contribution is 5.60. The Morgan fingerprint density at radius 2 is 2.31 bits per heavy atom. The zero-order chi connectivity index (χ0) is 9.68. The summed E-state index contributed by atoms with van der Waals surface area (Å²) in [4.78, 5) is 3.58. The maximum absolute atomic E-state index is 12.6. The number of pyridine rings is 1. The second-order valence-corrected chi connectivity index (χ2v) is 2.52. The Kier molecular flexibility index (Phi) is 3.40. The molecule has 0 spiro atoms. The molecule has 0 aromatic carbocycles. The first-order chi connectivity index (χ1) is 6.24. The molecule has 4 heteroatoms. The zero-order valence-electron chi connectivity index (χ0n) is 7.07. The van der Waals surface area contributed by atoms with E-state index in [2.05, 4.69) is 4.98 Å². The van der Waals surface area contributed by atoms with Gasteiger partial charge < -0.3 is 10.8 Å². The topological polar surface area (TPSA) is 59.1 Å². The summed E-state index contributed by atoms with van der Waals surface area (Å²) < 4.78 is 12.6. The third kappa shape index (κ3) is 2.83. The van der Waals surface area contributed by atoms with Crippen LogP contribution in [0.2, 0.25) is 0 Å². The van der Waals surface area contributed by atoms with Crippen molar-refractivity contribution in [2.24, 2.45) is 0 Å². The van der Waals surface area contributed by atoms with Crippen LogP contribution < -0.4 is 5.73 Å². The highest BCUT2D eigenvalue weighted by atomic mass is 19.1. The molecule has 0 radical (unpaired) electrons. The molecule has 13 heavy (non-hydrogen) atoms. The van der Waals surface area contributed by atoms with Crippen LogP contribution in [0.15, 0.2) is 18.2 Å². The number of aliphatic hydroxyl groups excluding tert-OH is 1. The Hall–Kier alpha value is -1.42. The third-order valence-electron chi connectivity index (χ3n) is 1.49. The number of anilines is 1. The minimum Gasteiger partial charge on any atom is -0.397 e. The Labute approximate surface area is 75.7 Å². The SMILES string of the molecule is Nc1ccc(F)nc1C=CCCO. The summed E-state index contributed by atoms with van der Waals surface area (Å²) in [6, 6.07) is 2.67. The van der Waals surface area contributed by atoms with Gasteiger partial charge in [-0.25, -0.2) is 4.98 Å². The molecule has 70 valence electrons. The molecular formula is C9H11FN2O. The number of hydrogen-bond acceptors (Lipinski definition) is 3. The van der Waals surface area contributed by atoms with Gasteiger partial charge in [0.05, 0.1) is 11.4 Å². The molecule has 3 nitrogen and oxygen atoms in total. The Morgan fingerprint density at radius 1 is 1.54 bits per heavy atom. The van der Waals surface area contributed by atoms with E-state index in [-0.39, 0.29) is 6.61 Å². The Morgan fingerprint density at radius 3 is 3.00 bits per heavy atom. The van der Waals surface area contributed by atoms with Crippen LogP contribution in [0.25, 0.3) is 6.08 Å². The number of halogens is 1. The van der Waals surface area contributed by atoms with E-state index in [1.165, 1.54) is 12.1 Å². The summed E-state index contributed by atoms with van der Waals surface area (Å²) in [5.41, 5.74) is 6.35. The van der Waals surface area contributed by atoms with Crippen LogP contribution in [0, 0.1) is 5.95 Å². The van der Waals surface area contributed by atoms with Crippen molar-refractivity contribution < 1.29 is 9.50 Å². The molecule has 1 heterocycles. The molecule has 0 bridgehead atoms. The summed E-state index contributed by atoms with van der Waals surface area (Å²) in [6.45, 7) is 0.0612. The predicted molar refractivity (Wildman–Crippen MR) is 49.3 cm³/mol. The first-order valence-corrected chi connectivity index (χ1v) is 3.93. The van der Waals surface area contributed by atoms with Crippen molar-refractivity contribution in [3.63, 3.8) is 0 Å². The number of rotatable bonds is 3. The van der Waals surface area contributed by atoms with Crippen molar-refractivity contribution in [1.82, 2.24) is 4.98 Å². The largest absolute Gasteiger partial charge is 0.397 e. The lowest BCUT2D eigenvalue weighted by atomic mass is 10.2. The fraction of sp³-hybridized carbons (Fsp3) is 0.222. The zero-order valence-corrected chi connectivity index (χ0v) is 7.07. The first kappa shape index (κ1) is 9.67. The van der Waals surface area contributed by atoms with Crippen LogP contribution in [0.1, 0.15) is 12.1 Å². The van der Waals surface area contributed by atoms with E-state index < -0.39 is 5.95 Å². The van der Waals surface area contributed by atoms with Crippen molar-refractivity contribution in [2.75, 3.05) is 12.3 Å². The van der Waals surface area contributed by atoms with Gasteiger partial charge in [0.25, 0.3) is 0 Å². The fourth-order valence-electron chi connectivity index (χ4n) is 0.864. The normalized spacial score (nSPS) is 10.9. The quantitative estimate of drug-likeness (QED) is 0.690. The van der Waals surface area contributed by atoms with E-state index in [4.69, 9.17) is 10.8 Å². The summed E-state index contributed by atoms with van der Waals surface area (Å²) >= 11 is 0. The van der Waals surface area contributed by atoms with Gasteiger partial charge in [-0.15, -0.1) is 0 Å². The lowest BCUT2D eigenvalue weighted by molar-refractivity contribution is 0.303. The molecule has 0 saturated carbocycles. The average molecular weight is 182 g/mol. The standard InChI is InChI=1S/C9H11FN2O/c10-9-5-4-7(11)8(12-9)3-1-2-6-13/h1,3-5,13H,2,6,11H2. The summed E-state index contributed by atoms with van der Waals surface area (Å²) in [6.07, 6.45) is 3.80. The second kappa shape index (κ2) is 4.57. The van der Waals surface area contributed by atoms with Gasteiger partial charge in [-0.05, 0) is 24.6 Å². The second-order valence-electron chi connectivity index (χ2n) is 2.52. The summed E-state index contributed by atoms with van der Waals surface area (Å²) in [5.74, 6) is -0.558. The summed E-state index contributed by atoms with van der Waals surface area (Å²) in [7, 11) is 0. The van der Waals surface area contributed by atoms with Crippen LogP contribution in [0.5, 0.6) is 0 Å². The molecule has 0 amide bonds. The van der Waals surface area contributed by atoms with E-state index in [1.54, 1.807) is 12.2 Å². The minimum atomic E-state index is -0.558. The molecular weight excluding hydrogens is 171 g/mol. The van der Waals surface area contributed by atoms with Gasteiger partial charge in [0.2, 0.25) is 5.95 Å². The Bertz CT molecular complexity index is 312. The molecule has 0 fully saturated rings. The van der Waals surface area contributed by atoms with Crippen molar-refractivity contribution in [2.45, 2.75) is 6.42 Å². The molecule has 1 rings (SSSR count). The van der Waals surface area contributed by atoms with Crippen molar-refractivity contribution in [3.8, 4) is 0 Å². The molecule has 3 N–H and O–H groups in total. The van der Waals surface area contributed by atoms with Gasteiger partial charge in [0, 0.05) is 6.61 Å². The molecule has 0 unspecified atom stereocenters. The molecule has 0 aliphatic heterocycles. The molecule has 0 aliphatic rings. The van der Waals surface area contributed by atoms with Crippen LogP contribution in [0.3, 0.4) is 0 Å². The van der Waals surface area contributed by atoms with E-state index in [9.17, 15) is 4.39 Å². The van der Waals surface area contributed by atoms with Gasteiger partial charge in [0.1, 0.15) is 0 Å². The van der Waals surface area contributed by atoms with E-state index in [0.717, 1.165) is 0 Å². The lowest BCUT2D eigenvalue weighted by Crippen LogP contribution is -1.94. The number of nitrogens with two attached hydrogens (primary N) is 1. The van der Waals surface area contributed by atoms with Crippen LogP contribution in [-0.4, -0.2) is 16.7 Å². The van der Waals surface area contributed by atoms with Gasteiger partial charge >= 0.3 is 0 Å². The van der Waals surface area contributed by atoms with Crippen LogP contribution in [-0.2, 0) is 0 Å². The lowest BCUT2D eigenvalue weighted by Gasteiger charge is -1.98. The Balaban J connectivity index is 2.81. The number of hydrogen-bond donors (Lipinski definition) is 2. The molecule has 1 aromatic rings. The summed E-state index contributed by atoms with van der Waals surface area (Å²) in [5, 5.41) is 8.49. The molecule has 0 atom stereocenters. The van der Waals surface area contributed by atoms with E-state index in [0.29, 0.717) is 17.8 Å². The van der Waals surface area contributed by atoms with Gasteiger partial charge in [0.15, 0.2) is 0 Å². The van der Waals surface area contributed by atoms with Crippen LogP contribution >= 0.6 is 0 Å². The highest BCUT2D eigenvalue weighted by Gasteiger charge is 1.97. The van der Waals surface area contributed by atoms with Crippen LogP contribution in [0.4, 0.5) is 10.1 Å². The van der Waals surface area contributed by atoms with E-state index >= 15 is 0 Å². The van der Waals surface area contributed by atoms with Crippen molar-refractivity contribution in [3.05, 3.63) is 29.9 Å². The minimum absolute atomic E-state index is 0.0612. The smallest absolute Gasteiger partial charge is 0.213 e. The monoisotopic (exact) mass is 182 g/mol. The van der Waals surface area contributed by atoms with Crippen molar-refractivity contribution >= 4 is 11.8 Å². The molecule has 0 aliphatic carbocycles. The highest BCUT2D eigenvalue weighted by Crippen LogP contribution is 2.10. The number of aliphatic hydroxyl groups is 1. The molecule has 0 saturated heterocycles. The number of aromatic nitrogens is 1. The number of nitrogens with zero attached hydrogens (tertiary/aromatic N) is 1. The average Bonchev–Trinajstić information content (AvgIpc) is 2.11. The molecule has 1 aromatic heterocycles. The van der Waals surface area contributed by atoms with Gasteiger partial charge in [-0.1, -0.05) is 6.08 Å². The predicted octanol–water partition coefficient (Wildman–Crippen LogP) is 1.20. The fourth-order valence-corrected chi connectivity index (χ4v) is 0.864. The first-order valence-electron chi connectivity index (χ1n) is 3.93. The maximum atomic E-state index is 12.6. The van der Waals surface area contributed by atoms with Gasteiger partial charge in [-0.3, -0.25) is 0 Å². The third-order valence-corrected chi connectivity index (χ3v) is 1.49. The van der Waals surface area contributed by atoms with E-state index in [1.807, 2.05) is 0 Å². The van der Waals surface area contributed by atoms with Gasteiger partial charge in [-0.2, -0.15) is 4.39 Å². The number of nitrogen functional groups attached to an aromatic ring is 1. The van der Waals surface area contributed by atoms with Crippen molar-refractivity contribution in [1.29, 1.82) is 0 Å².